The van der Waals surface area contributed by atoms with Crippen LogP contribution in [0.15, 0.2) is 54.9 Å². The first-order valence-corrected chi connectivity index (χ1v) is 9.93. The average Bonchev–Trinajstić information content (AvgIpc) is 2.67. The van der Waals surface area contributed by atoms with E-state index in [4.69, 9.17) is 4.74 Å². The highest BCUT2D eigenvalue weighted by Gasteiger charge is 2.18. The summed E-state index contributed by atoms with van der Waals surface area (Å²) in [7, 11) is 0. The second-order valence-corrected chi connectivity index (χ2v) is 7.98. The first-order chi connectivity index (χ1) is 13.8. The van der Waals surface area contributed by atoms with Crippen molar-refractivity contribution < 1.29 is 9.53 Å². The molecule has 1 unspecified atom stereocenters. The summed E-state index contributed by atoms with van der Waals surface area (Å²) in [5.74, 6) is 0. The highest BCUT2D eigenvalue weighted by Crippen LogP contribution is 2.21. The molecule has 2 aromatic rings. The normalized spacial score (nSPS) is 12.9. The third-order valence-electron chi connectivity index (χ3n) is 4.40. The smallest absolute Gasteiger partial charge is 0.407 e. The van der Waals surface area contributed by atoms with Crippen molar-refractivity contribution in [2.24, 2.45) is 0 Å². The Kier molecular flexibility index (Phi) is 8.34. The van der Waals surface area contributed by atoms with E-state index < -0.39 is 11.7 Å². The Morgan fingerprint density at radius 1 is 1.17 bits per heavy atom. The second-order valence-electron chi connectivity index (χ2n) is 7.98. The molecule has 6 nitrogen and oxygen atoms in total. The van der Waals surface area contributed by atoms with E-state index in [2.05, 4.69) is 46.2 Å². The number of aryl methyl sites for hydroxylation is 1. The van der Waals surface area contributed by atoms with Crippen molar-refractivity contribution in [2.45, 2.75) is 52.8 Å². The number of hydrogen-bond donors (Lipinski definition) is 1. The van der Waals surface area contributed by atoms with Gasteiger partial charge < -0.3 is 10.1 Å². The van der Waals surface area contributed by atoms with Gasteiger partial charge >= 0.3 is 6.09 Å². The number of alkyl carbamates (subject to hydrolysis) is 1. The van der Waals surface area contributed by atoms with Crippen molar-refractivity contribution in [3.8, 4) is 0 Å². The molecule has 0 aliphatic heterocycles. The fourth-order valence-corrected chi connectivity index (χ4v) is 2.80. The van der Waals surface area contributed by atoms with Gasteiger partial charge in [-0.1, -0.05) is 24.3 Å². The minimum Gasteiger partial charge on any atom is -0.444 e. The van der Waals surface area contributed by atoms with Gasteiger partial charge in [0.1, 0.15) is 5.60 Å². The first kappa shape index (κ1) is 22.6. The summed E-state index contributed by atoms with van der Waals surface area (Å²) in [6.07, 6.45) is 7.22. The van der Waals surface area contributed by atoms with E-state index in [1.165, 1.54) is 5.56 Å². The van der Waals surface area contributed by atoms with E-state index in [0.717, 1.165) is 11.4 Å². The first-order valence-electron chi connectivity index (χ1n) is 9.93. The van der Waals surface area contributed by atoms with Crippen molar-refractivity contribution in [3.63, 3.8) is 0 Å². The van der Waals surface area contributed by atoms with Crippen LogP contribution in [0.1, 0.15) is 50.7 Å². The number of pyridine rings is 2. The molecule has 0 bridgehead atoms. The van der Waals surface area contributed by atoms with Crippen molar-refractivity contribution in [1.82, 2.24) is 20.2 Å². The van der Waals surface area contributed by atoms with E-state index >= 15 is 0 Å². The van der Waals surface area contributed by atoms with E-state index in [-0.39, 0.29) is 6.04 Å². The quantitative estimate of drug-likeness (QED) is 0.669. The molecule has 0 fully saturated rings. The van der Waals surface area contributed by atoms with Crippen molar-refractivity contribution in [2.75, 3.05) is 13.1 Å². The molecule has 6 heteroatoms. The molecule has 1 amide bonds. The predicted octanol–water partition coefficient (Wildman–Crippen LogP) is 4.43. The van der Waals surface area contributed by atoms with Crippen molar-refractivity contribution in [3.05, 3.63) is 71.8 Å². The van der Waals surface area contributed by atoms with Crippen molar-refractivity contribution in [1.29, 1.82) is 0 Å². The number of aromatic nitrogens is 2. The lowest BCUT2D eigenvalue weighted by Crippen LogP contribution is -2.32. The molecule has 0 spiro atoms. The van der Waals surface area contributed by atoms with Crippen LogP contribution < -0.4 is 5.32 Å². The van der Waals surface area contributed by atoms with E-state index in [0.29, 0.717) is 19.6 Å². The van der Waals surface area contributed by atoms with Gasteiger partial charge in [-0.15, -0.1) is 0 Å². The van der Waals surface area contributed by atoms with E-state index in [1.54, 1.807) is 0 Å². The van der Waals surface area contributed by atoms with Crippen LogP contribution in [0.2, 0.25) is 0 Å². The molecule has 1 N–H and O–H groups in total. The summed E-state index contributed by atoms with van der Waals surface area (Å²) in [5, 5.41) is 2.74. The molecule has 2 heterocycles. The summed E-state index contributed by atoms with van der Waals surface area (Å²) in [5.41, 5.74) is 2.74. The molecule has 29 heavy (non-hydrogen) atoms. The van der Waals surface area contributed by atoms with Gasteiger partial charge in [-0.05, 0) is 58.4 Å². The molecule has 0 aliphatic carbocycles. The summed E-state index contributed by atoms with van der Waals surface area (Å²) in [6, 6.07) is 10.1. The fraction of sp³-hybridized carbons (Fsp3) is 0.435. The van der Waals surface area contributed by atoms with Gasteiger partial charge in [0.15, 0.2) is 0 Å². The Balaban J connectivity index is 2.00. The van der Waals surface area contributed by atoms with Gasteiger partial charge in [-0.2, -0.15) is 0 Å². The maximum Gasteiger partial charge on any atom is 0.407 e. The zero-order chi connectivity index (χ0) is 21.3. The number of hydrogen-bond acceptors (Lipinski definition) is 5. The summed E-state index contributed by atoms with van der Waals surface area (Å²) in [6.45, 7) is 11.6. The Labute approximate surface area is 174 Å². The van der Waals surface area contributed by atoms with Gasteiger partial charge in [0.2, 0.25) is 0 Å². The van der Waals surface area contributed by atoms with Gasteiger partial charge in [0.05, 0.1) is 11.4 Å². The minimum absolute atomic E-state index is 0.126. The molecule has 1 atom stereocenters. The molecule has 2 rings (SSSR count). The largest absolute Gasteiger partial charge is 0.444 e. The molecular formula is C23H32N4O2. The highest BCUT2D eigenvalue weighted by atomic mass is 16.6. The van der Waals surface area contributed by atoms with E-state index in [1.807, 2.05) is 63.5 Å². The summed E-state index contributed by atoms with van der Waals surface area (Å²) < 4.78 is 5.24. The zero-order valence-corrected chi connectivity index (χ0v) is 18.1. The lowest BCUT2D eigenvalue weighted by Gasteiger charge is -2.28. The lowest BCUT2D eigenvalue weighted by atomic mass is 10.1. The monoisotopic (exact) mass is 396 g/mol. The van der Waals surface area contributed by atoms with Crippen LogP contribution in [0.4, 0.5) is 4.79 Å². The van der Waals surface area contributed by atoms with Crippen molar-refractivity contribution >= 4 is 6.09 Å². The second kappa shape index (κ2) is 10.7. The molecular weight excluding hydrogens is 364 g/mol. The van der Waals surface area contributed by atoms with Crippen LogP contribution in [0, 0.1) is 6.92 Å². The number of rotatable bonds is 8. The number of nitrogens with zero attached hydrogens (tertiary/aromatic N) is 3. The Morgan fingerprint density at radius 3 is 2.59 bits per heavy atom. The molecule has 0 aliphatic rings. The number of nitrogens with one attached hydrogen (secondary N) is 1. The summed E-state index contributed by atoms with van der Waals surface area (Å²) in [4.78, 5) is 23.1. The minimum atomic E-state index is -0.497. The maximum absolute atomic E-state index is 11.7. The SMILES string of the molecule is Cc1cccnc1CN(C/C=C\CNC(=O)OC(C)(C)C)C(C)c1ccccn1. The molecule has 2 aromatic heterocycles. The van der Waals surface area contributed by atoms with E-state index in [9.17, 15) is 4.79 Å². The summed E-state index contributed by atoms with van der Waals surface area (Å²) >= 11 is 0. The lowest BCUT2D eigenvalue weighted by molar-refractivity contribution is 0.0534. The molecule has 0 saturated heterocycles. The number of carbonyl (C=O) groups is 1. The van der Waals surface area contributed by atoms with Crippen LogP contribution in [0.5, 0.6) is 0 Å². The number of ether oxygens (including phenoxy) is 1. The Morgan fingerprint density at radius 2 is 1.93 bits per heavy atom. The van der Waals surface area contributed by atoms with Crippen LogP contribution in [0.3, 0.4) is 0 Å². The standard InChI is InChI=1S/C23H32N4O2/c1-18-11-10-15-25-21(18)17-27(19(2)20-12-6-7-13-24-20)16-9-8-14-26-22(28)29-23(3,4)5/h6-13,15,19H,14,16-17H2,1-5H3,(H,26,28)/b9-8-. The third kappa shape index (κ3) is 8.03. The molecule has 156 valence electrons. The third-order valence-corrected chi connectivity index (χ3v) is 4.40. The van der Waals surface area contributed by atoms with Gasteiger partial charge in [-0.25, -0.2) is 4.79 Å². The molecule has 0 radical (unpaired) electrons. The van der Waals surface area contributed by atoms with Crippen LogP contribution in [-0.2, 0) is 11.3 Å². The van der Waals surface area contributed by atoms with Gasteiger partial charge in [-0.3, -0.25) is 14.9 Å². The van der Waals surface area contributed by atoms with Crippen LogP contribution in [-0.4, -0.2) is 39.7 Å². The number of carbonyl (C=O) groups excluding carboxylic acids is 1. The predicted molar refractivity (Wildman–Crippen MR) is 115 cm³/mol. The Hall–Kier alpha value is -2.73. The fourth-order valence-electron chi connectivity index (χ4n) is 2.80. The highest BCUT2D eigenvalue weighted by molar-refractivity contribution is 5.67. The molecule has 0 saturated carbocycles. The Bertz CT molecular complexity index is 800. The van der Waals surface area contributed by atoms with Crippen LogP contribution >= 0.6 is 0 Å². The average molecular weight is 397 g/mol. The van der Waals surface area contributed by atoms with Gasteiger partial charge in [0, 0.05) is 38.1 Å². The maximum atomic E-state index is 11.7. The topological polar surface area (TPSA) is 67.4 Å². The number of amides is 1. The molecule has 0 aromatic carbocycles. The van der Waals surface area contributed by atoms with Crippen LogP contribution in [0.25, 0.3) is 0 Å². The van der Waals surface area contributed by atoms with Gasteiger partial charge in [0.25, 0.3) is 0 Å². The zero-order valence-electron chi connectivity index (χ0n) is 18.1.